The Labute approximate surface area is 105 Å². The molecule has 0 saturated heterocycles. The Morgan fingerprint density at radius 1 is 1.38 bits per heavy atom. The van der Waals surface area contributed by atoms with Crippen molar-refractivity contribution in [1.29, 1.82) is 0 Å². The number of rotatable bonds is 3. The van der Waals surface area contributed by atoms with E-state index >= 15 is 0 Å². The van der Waals surface area contributed by atoms with Gasteiger partial charge < -0.3 is 5.73 Å². The Kier molecular flexibility index (Phi) is 4.55. The van der Waals surface area contributed by atoms with E-state index < -0.39 is 11.7 Å². The zero-order chi connectivity index (χ0) is 12.3. The molecule has 0 unspecified atom stereocenters. The van der Waals surface area contributed by atoms with Crippen molar-refractivity contribution >= 4 is 33.4 Å². The standard InChI is InChI=1S/C10H11BrF3NS/c1-2-3-16-9-7(10(12,13)14)4-6(15)5-8(9)11/h4-5H,2-3,15H2,1H3. The quantitative estimate of drug-likeness (QED) is 0.654. The fourth-order valence-electron chi connectivity index (χ4n) is 1.18. The molecular formula is C10H11BrF3NS. The van der Waals surface area contributed by atoms with Crippen LogP contribution in [0.15, 0.2) is 21.5 Å². The molecule has 1 rings (SSSR count). The molecule has 1 nitrogen and oxygen atoms in total. The molecule has 90 valence electrons. The number of thioether (sulfide) groups is 1. The Morgan fingerprint density at radius 2 is 2.00 bits per heavy atom. The number of hydrogen-bond acceptors (Lipinski definition) is 2. The molecule has 16 heavy (non-hydrogen) atoms. The number of nitrogen functional groups attached to an aromatic ring is 1. The fourth-order valence-corrected chi connectivity index (χ4v) is 2.93. The van der Waals surface area contributed by atoms with Crippen molar-refractivity contribution < 1.29 is 13.2 Å². The van der Waals surface area contributed by atoms with E-state index in [4.69, 9.17) is 5.73 Å². The summed E-state index contributed by atoms with van der Waals surface area (Å²) < 4.78 is 38.6. The maximum atomic E-state index is 12.7. The van der Waals surface area contributed by atoms with Gasteiger partial charge in [0.25, 0.3) is 0 Å². The average Bonchev–Trinajstić information content (AvgIpc) is 2.14. The number of anilines is 1. The first-order chi connectivity index (χ1) is 7.36. The molecule has 6 heteroatoms. The van der Waals surface area contributed by atoms with Crippen molar-refractivity contribution in [2.24, 2.45) is 0 Å². The lowest BCUT2D eigenvalue weighted by atomic mass is 10.2. The molecule has 0 aliphatic heterocycles. The van der Waals surface area contributed by atoms with Crippen LogP contribution in [0.2, 0.25) is 0 Å². The summed E-state index contributed by atoms with van der Waals surface area (Å²) in [7, 11) is 0. The summed E-state index contributed by atoms with van der Waals surface area (Å²) in [5.41, 5.74) is 4.86. The van der Waals surface area contributed by atoms with Crippen molar-refractivity contribution in [2.75, 3.05) is 11.5 Å². The second kappa shape index (κ2) is 5.31. The molecule has 0 aromatic heterocycles. The van der Waals surface area contributed by atoms with Gasteiger partial charge in [0.2, 0.25) is 0 Å². The van der Waals surface area contributed by atoms with Gasteiger partial charge >= 0.3 is 6.18 Å². The highest BCUT2D eigenvalue weighted by Gasteiger charge is 2.34. The summed E-state index contributed by atoms with van der Waals surface area (Å²) in [6.07, 6.45) is -3.55. The van der Waals surface area contributed by atoms with E-state index in [-0.39, 0.29) is 10.6 Å². The van der Waals surface area contributed by atoms with Crippen molar-refractivity contribution in [3.63, 3.8) is 0 Å². The third-order valence-electron chi connectivity index (χ3n) is 1.82. The first kappa shape index (κ1) is 13.7. The van der Waals surface area contributed by atoms with E-state index in [2.05, 4.69) is 15.9 Å². The Balaban J connectivity index is 3.21. The molecule has 1 aromatic carbocycles. The van der Waals surface area contributed by atoms with Crippen LogP contribution in [-0.2, 0) is 6.18 Å². The molecule has 0 fully saturated rings. The zero-order valence-electron chi connectivity index (χ0n) is 8.57. The molecule has 2 N–H and O–H groups in total. The van der Waals surface area contributed by atoms with Gasteiger partial charge in [-0.05, 0) is 40.2 Å². The van der Waals surface area contributed by atoms with Gasteiger partial charge in [0.1, 0.15) is 0 Å². The van der Waals surface area contributed by atoms with Crippen LogP contribution in [0.4, 0.5) is 18.9 Å². The molecule has 0 amide bonds. The van der Waals surface area contributed by atoms with Gasteiger partial charge in [-0.2, -0.15) is 13.2 Å². The largest absolute Gasteiger partial charge is 0.417 e. The zero-order valence-corrected chi connectivity index (χ0v) is 11.0. The summed E-state index contributed by atoms with van der Waals surface area (Å²) in [4.78, 5) is 0.212. The summed E-state index contributed by atoms with van der Waals surface area (Å²) in [5.74, 6) is 0.644. The maximum absolute atomic E-state index is 12.7. The number of halogens is 4. The number of benzene rings is 1. The summed E-state index contributed by atoms with van der Waals surface area (Å²) in [5, 5.41) is 0. The highest BCUT2D eigenvalue weighted by molar-refractivity contribution is 9.10. The third kappa shape index (κ3) is 3.31. The molecule has 0 spiro atoms. The monoisotopic (exact) mass is 313 g/mol. The molecule has 0 radical (unpaired) electrons. The van der Waals surface area contributed by atoms with E-state index in [1.807, 2.05) is 6.92 Å². The van der Waals surface area contributed by atoms with Crippen LogP contribution in [0.5, 0.6) is 0 Å². The van der Waals surface area contributed by atoms with Crippen LogP contribution in [0.25, 0.3) is 0 Å². The lowest BCUT2D eigenvalue weighted by Crippen LogP contribution is -2.08. The Hall–Kier alpha value is -0.360. The second-order valence-electron chi connectivity index (χ2n) is 3.23. The number of alkyl halides is 3. The first-order valence-corrected chi connectivity index (χ1v) is 6.43. The van der Waals surface area contributed by atoms with Crippen LogP contribution in [0.3, 0.4) is 0 Å². The Morgan fingerprint density at radius 3 is 2.50 bits per heavy atom. The maximum Gasteiger partial charge on any atom is 0.417 e. The van der Waals surface area contributed by atoms with E-state index in [1.54, 1.807) is 0 Å². The van der Waals surface area contributed by atoms with Crippen LogP contribution < -0.4 is 5.73 Å². The lowest BCUT2D eigenvalue weighted by Gasteiger charge is -2.14. The van der Waals surface area contributed by atoms with Gasteiger partial charge in [0.15, 0.2) is 0 Å². The smallest absolute Gasteiger partial charge is 0.399 e. The molecule has 0 aliphatic rings. The van der Waals surface area contributed by atoms with Crippen LogP contribution in [0, 0.1) is 0 Å². The van der Waals surface area contributed by atoms with Crippen LogP contribution in [0.1, 0.15) is 18.9 Å². The minimum atomic E-state index is -4.37. The minimum Gasteiger partial charge on any atom is -0.399 e. The average molecular weight is 314 g/mol. The SMILES string of the molecule is CCCSc1c(Br)cc(N)cc1C(F)(F)F. The van der Waals surface area contributed by atoms with Crippen LogP contribution >= 0.6 is 27.7 Å². The second-order valence-corrected chi connectivity index (χ2v) is 5.19. The molecule has 0 heterocycles. The fraction of sp³-hybridized carbons (Fsp3) is 0.400. The highest BCUT2D eigenvalue weighted by Crippen LogP contribution is 2.42. The molecule has 0 bridgehead atoms. The van der Waals surface area contributed by atoms with Gasteiger partial charge in [-0.25, -0.2) is 0 Å². The predicted molar refractivity (Wildman–Crippen MR) is 64.6 cm³/mol. The third-order valence-corrected chi connectivity index (χ3v) is 4.05. The molecule has 0 atom stereocenters. The highest BCUT2D eigenvalue weighted by atomic mass is 79.9. The van der Waals surface area contributed by atoms with Crippen LogP contribution in [-0.4, -0.2) is 5.75 Å². The minimum absolute atomic E-state index is 0.111. The number of hydrogen-bond donors (Lipinski definition) is 1. The van der Waals surface area contributed by atoms with Gasteiger partial charge in [-0.15, -0.1) is 11.8 Å². The normalized spacial score (nSPS) is 11.8. The van der Waals surface area contributed by atoms with Gasteiger partial charge in [-0.1, -0.05) is 6.92 Å². The lowest BCUT2D eigenvalue weighted by molar-refractivity contribution is -0.139. The predicted octanol–water partition coefficient (Wildman–Crippen LogP) is 4.55. The topological polar surface area (TPSA) is 26.0 Å². The van der Waals surface area contributed by atoms with E-state index in [9.17, 15) is 13.2 Å². The van der Waals surface area contributed by atoms with E-state index in [1.165, 1.54) is 17.8 Å². The van der Waals surface area contributed by atoms with Gasteiger partial charge in [0, 0.05) is 15.1 Å². The molecule has 0 saturated carbocycles. The molecule has 0 aliphatic carbocycles. The first-order valence-electron chi connectivity index (χ1n) is 4.65. The summed E-state index contributed by atoms with van der Waals surface area (Å²) in [6.45, 7) is 1.92. The van der Waals surface area contributed by atoms with Crippen molar-refractivity contribution in [2.45, 2.75) is 24.4 Å². The molecular weight excluding hydrogens is 303 g/mol. The van der Waals surface area contributed by atoms with E-state index in [0.717, 1.165) is 12.5 Å². The number of nitrogens with two attached hydrogens (primary N) is 1. The molecule has 1 aromatic rings. The summed E-state index contributed by atoms with van der Waals surface area (Å²) >= 11 is 4.31. The Bertz CT molecular complexity index is 379. The van der Waals surface area contributed by atoms with Crippen molar-refractivity contribution in [3.8, 4) is 0 Å². The van der Waals surface area contributed by atoms with Crippen molar-refractivity contribution in [3.05, 3.63) is 22.2 Å². The summed E-state index contributed by atoms with van der Waals surface area (Å²) in [6, 6.07) is 2.47. The van der Waals surface area contributed by atoms with E-state index in [0.29, 0.717) is 10.2 Å². The van der Waals surface area contributed by atoms with Gasteiger partial charge in [-0.3, -0.25) is 0 Å². The van der Waals surface area contributed by atoms with Crippen molar-refractivity contribution in [1.82, 2.24) is 0 Å². The van der Waals surface area contributed by atoms with Gasteiger partial charge in [0.05, 0.1) is 5.56 Å².